The van der Waals surface area contributed by atoms with E-state index in [9.17, 15) is 9.90 Å². The number of fused-ring (bicyclic) bond motifs is 3. The van der Waals surface area contributed by atoms with Gasteiger partial charge in [0.1, 0.15) is 18.5 Å². The van der Waals surface area contributed by atoms with Crippen LogP contribution in [-0.4, -0.2) is 61.4 Å². The maximum atomic E-state index is 12.8. The number of hydrogen-bond acceptors (Lipinski definition) is 7. The molecule has 0 bridgehead atoms. The number of aromatic nitrogens is 5. The zero-order valence-electron chi connectivity index (χ0n) is 23.1. The number of tetrazole rings is 1. The van der Waals surface area contributed by atoms with Crippen LogP contribution in [0.25, 0.3) is 10.9 Å². The van der Waals surface area contributed by atoms with Crippen molar-refractivity contribution in [2.45, 2.75) is 75.9 Å². The molecule has 2 aromatic heterocycles. The van der Waals surface area contributed by atoms with E-state index in [1.165, 1.54) is 16.5 Å². The highest BCUT2D eigenvalue weighted by Crippen LogP contribution is 2.52. The molecule has 2 aromatic carbocycles. The number of amides is 1. The number of H-pyrrole nitrogens is 2. The molecule has 1 amide bonds. The van der Waals surface area contributed by atoms with E-state index in [2.05, 4.69) is 74.5 Å². The summed E-state index contributed by atoms with van der Waals surface area (Å²) in [4.78, 5) is 16.2. The topological polar surface area (TPSA) is 141 Å². The van der Waals surface area contributed by atoms with Gasteiger partial charge in [-0.15, -0.1) is 10.2 Å². The van der Waals surface area contributed by atoms with Gasteiger partial charge >= 0.3 is 0 Å². The molecule has 1 fully saturated rings. The number of aliphatic hydroxyl groups is 1. The van der Waals surface area contributed by atoms with Crippen molar-refractivity contribution < 1.29 is 14.6 Å². The van der Waals surface area contributed by atoms with Gasteiger partial charge in [0.05, 0.1) is 5.41 Å². The molecule has 10 nitrogen and oxygen atoms in total. The lowest BCUT2D eigenvalue weighted by Crippen LogP contribution is -2.46. The molecule has 6 rings (SSSR count). The molecule has 1 saturated carbocycles. The highest BCUT2D eigenvalue weighted by atomic mass is 16.5. The van der Waals surface area contributed by atoms with Gasteiger partial charge in [-0.25, -0.2) is 0 Å². The first-order valence-electron chi connectivity index (χ1n) is 14.2. The maximum absolute atomic E-state index is 12.8. The number of benzene rings is 2. The van der Waals surface area contributed by atoms with Gasteiger partial charge in [-0.1, -0.05) is 36.3 Å². The molecule has 10 heteroatoms. The monoisotopic (exact) mass is 543 g/mol. The molecule has 2 aliphatic rings. The highest BCUT2D eigenvalue weighted by molar-refractivity contribution is 6.07. The van der Waals surface area contributed by atoms with Gasteiger partial charge in [-0.2, -0.15) is 5.21 Å². The lowest BCUT2D eigenvalue weighted by Gasteiger charge is -2.28. The molecule has 1 unspecified atom stereocenters. The molecular formula is C30H37N7O3. The zero-order valence-corrected chi connectivity index (χ0v) is 23.1. The normalized spacial score (nSPS) is 16.9. The van der Waals surface area contributed by atoms with Crippen LogP contribution in [0.3, 0.4) is 0 Å². The zero-order chi connectivity index (χ0) is 27.7. The molecule has 40 heavy (non-hydrogen) atoms. The molecule has 1 spiro atoms. The number of aromatic amines is 2. The predicted octanol–water partition coefficient (Wildman–Crippen LogP) is 3.58. The third kappa shape index (κ3) is 5.21. The molecule has 210 valence electrons. The molecule has 0 radical (unpaired) electrons. The van der Waals surface area contributed by atoms with Gasteiger partial charge in [0.2, 0.25) is 5.91 Å². The van der Waals surface area contributed by atoms with E-state index in [1.807, 2.05) is 18.2 Å². The van der Waals surface area contributed by atoms with Crippen LogP contribution in [0.4, 0.5) is 5.69 Å². The van der Waals surface area contributed by atoms with E-state index >= 15 is 0 Å². The third-order valence-corrected chi connectivity index (χ3v) is 8.38. The number of anilines is 1. The van der Waals surface area contributed by atoms with Crippen LogP contribution < -0.4 is 15.4 Å². The minimum atomic E-state index is -0.690. The van der Waals surface area contributed by atoms with Crippen molar-refractivity contribution in [1.29, 1.82) is 0 Å². The quantitative estimate of drug-likeness (QED) is 0.195. The first-order chi connectivity index (χ1) is 19.3. The van der Waals surface area contributed by atoms with E-state index in [1.54, 1.807) is 0 Å². The first-order valence-corrected chi connectivity index (χ1v) is 14.2. The standard InChI is InChI=1S/C30H37N7O3/c1-29(2,15-20-16-31-24-14-19(8-10-22(20)24)9-11-26-34-36-37-35-26)32-17-21(38)18-40-25-7-5-6-23-27(25)30(28(39)33-23)12-3-4-13-30/h5-8,10,14,16,21,31-32,38H,3-4,9,11-13,15,17-18H2,1-2H3,(H,33,39)(H,34,35,36,37). The number of aryl methyl sites for hydroxylation is 2. The van der Waals surface area contributed by atoms with Gasteiger partial charge in [-0.05, 0) is 68.9 Å². The third-order valence-electron chi connectivity index (χ3n) is 8.38. The number of nitrogens with zero attached hydrogens (tertiary/aromatic N) is 3. The van der Waals surface area contributed by atoms with Gasteiger partial charge in [-0.3, -0.25) is 4.79 Å². The van der Waals surface area contributed by atoms with Crippen molar-refractivity contribution >= 4 is 22.5 Å². The number of aliphatic hydroxyl groups excluding tert-OH is 1. The number of carbonyl (C=O) groups is 1. The van der Waals surface area contributed by atoms with Crippen molar-refractivity contribution in [3.63, 3.8) is 0 Å². The second kappa shape index (κ2) is 10.7. The van der Waals surface area contributed by atoms with E-state index < -0.39 is 11.5 Å². The molecule has 5 N–H and O–H groups in total. The van der Waals surface area contributed by atoms with E-state index in [-0.39, 0.29) is 18.1 Å². The first kappa shape index (κ1) is 26.5. The van der Waals surface area contributed by atoms with Crippen molar-refractivity contribution in [1.82, 2.24) is 30.9 Å². The number of nitrogens with one attached hydrogen (secondary N) is 4. The van der Waals surface area contributed by atoms with Crippen LogP contribution in [0.15, 0.2) is 42.6 Å². The second-order valence-electron chi connectivity index (χ2n) is 11.9. The number of hydrogen-bond donors (Lipinski definition) is 5. The van der Waals surface area contributed by atoms with Crippen LogP contribution in [0.5, 0.6) is 5.75 Å². The summed E-state index contributed by atoms with van der Waals surface area (Å²) in [7, 11) is 0. The van der Waals surface area contributed by atoms with Crippen LogP contribution in [0.1, 0.15) is 62.0 Å². The summed E-state index contributed by atoms with van der Waals surface area (Å²) in [5.41, 5.74) is 4.63. The van der Waals surface area contributed by atoms with Crippen molar-refractivity contribution in [2.75, 3.05) is 18.5 Å². The summed E-state index contributed by atoms with van der Waals surface area (Å²) < 4.78 is 6.13. The van der Waals surface area contributed by atoms with E-state index in [4.69, 9.17) is 4.74 Å². The average Bonchev–Trinajstić information content (AvgIpc) is 3.75. The predicted molar refractivity (Wildman–Crippen MR) is 152 cm³/mol. The second-order valence-corrected chi connectivity index (χ2v) is 11.9. The smallest absolute Gasteiger partial charge is 0.235 e. The fraction of sp³-hybridized carbons (Fsp3) is 0.467. The Morgan fingerprint density at radius 3 is 2.83 bits per heavy atom. The van der Waals surface area contributed by atoms with E-state index in [0.717, 1.165) is 61.7 Å². The lowest BCUT2D eigenvalue weighted by atomic mass is 9.79. The summed E-state index contributed by atoms with van der Waals surface area (Å²) >= 11 is 0. The van der Waals surface area contributed by atoms with Crippen molar-refractivity contribution in [2.24, 2.45) is 0 Å². The minimum Gasteiger partial charge on any atom is -0.490 e. The van der Waals surface area contributed by atoms with E-state index in [0.29, 0.717) is 18.1 Å². The SMILES string of the molecule is CC(C)(Cc1c[nH]c2cc(CCc3nn[nH]n3)ccc12)NCC(O)COc1cccc2c1C1(CCCC1)C(=O)N2. The van der Waals surface area contributed by atoms with Gasteiger partial charge in [0.25, 0.3) is 0 Å². The van der Waals surface area contributed by atoms with Crippen LogP contribution >= 0.6 is 0 Å². The summed E-state index contributed by atoms with van der Waals surface area (Å²) in [5, 5.41) is 32.7. The Bertz CT molecular complexity index is 1490. The highest BCUT2D eigenvalue weighted by Gasteiger charge is 2.50. The van der Waals surface area contributed by atoms with Crippen LogP contribution in [0.2, 0.25) is 0 Å². The molecule has 0 saturated heterocycles. The van der Waals surface area contributed by atoms with Crippen LogP contribution in [0, 0.1) is 0 Å². The molecule has 1 atom stereocenters. The summed E-state index contributed by atoms with van der Waals surface area (Å²) in [6.45, 7) is 4.84. The fourth-order valence-electron chi connectivity index (χ4n) is 6.32. The van der Waals surface area contributed by atoms with Gasteiger partial charge < -0.3 is 25.5 Å². The fourth-order valence-corrected chi connectivity index (χ4v) is 6.32. The average molecular weight is 544 g/mol. The minimum absolute atomic E-state index is 0.0809. The Morgan fingerprint density at radius 1 is 1.18 bits per heavy atom. The van der Waals surface area contributed by atoms with Gasteiger partial charge in [0.15, 0.2) is 5.82 Å². The Kier molecular flexibility index (Phi) is 7.06. The van der Waals surface area contributed by atoms with Gasteiger partial charge in [0, 0.05) is 46.9 Å². The molecule has 1 aliphatic heterocycles. The number of rotatable bonds is 11. The largest absolute Gasteiger partial charge is 0.490 e. The van der Waals surface area contributed by atoms with Crippen LogP contribution in [-0.2, 0) is 29.5 Å². The Morgan fingerprint density at radius 2 is 2.02 bits per heavy atom. The van der Waals surface area contributed by atoms with Crippen molar-refractivity contribution in [3.05, 3.63) is 65.1 Å². The molecule has 1 aliphatic carbocycles. The Labute approximate surface area is 233 Å². The Balaban J connectivity index is 1.04. The number of carbonyl (C=O) groups excluding carboxylic acids is 1. The maximum Gasteiger partial charge on any atom is 0.235 e. The number of β-amino-alcohol motifs (C(OH)–C–C–N with tert-alkyl or cyclic N) is 1. The summed E-state index contributed by atoms with van der Waals surface area (Å²) in [5.74, 6) is 1.49. The Hall–Kier alpha value is -3.76. The molecular weight excluding hydrogens is 506 g/mol. The van der Waals surface area contributed by atoms with Crippen molar-refractivity contribution in [3.8, 4) is 5.75 Å². The molecule has 3 heterocycles. The number of ether oxygens (including phenoxy) is 1. The summed E-state index contributed by atoms with van der Waals surface area (Å²) in [6, 6.07) is 12.3. The lowest BCUT2D eigenvalue weighted by molar-refractivity contribution is -0.120. The molecule has 4 aromatic rings. The summed E-state index contributed by atoms with van der Waals surface area (Å²) in [6.07, 6.45) is 7.54.